The van der Waals surface area contributed by atoms with Crippen molar-refractivity contribution in [2.45, 2.75) is 6.54 Å². The Bertz CT molecular complexity index is 584. The van der Waals surface area contributed by atoms with E-state index in [1.54, 1.807) is 10.9 Å². The van der Waals surface area contributed by atoms with Crippen molar-refractivity contribution in [3.63, 3.8) is 0 Å². The second kappa shape index (κ2) is 4.25. The van der Waals surface area contributed by atoms with E-state index in [1.807, 2.05) is 48.7 Å². The van der Waals surface area contributed by atoms with Gasteiger partial charge in [-0.2, -0.15) is 5.10 Å². The summed E-state index contributed by atoms with van der Waals surface area (Å²) in [6.45, 7) is 0.604. The van der Waals surface area contributed by atoms with Gasteiger partial charge in [0, 0.05) is 24.0 Å². The zero-order chi connectivity index (χ0) is 11.5. The smallest absolute Gasteiger partial charge is 0.158 e. The Hall–Kier alpha value is -2.36. The van der Waals surface area contributed by atoms with Crippen molar-refractivity contribution in [2.75, 3.05) is 0 Å². The van der Waals surface area contributed by atoms with Gasteiger partial charge in [-0.05, 0) is 6.07 Å². The molecule has 1 aromatic carbocycles. The quantitative estimate of drug-likeness (QED) is 0.688. The molecule has 0 spiro atoms. The van der Waals surface area contributed by atoms with Gasteiger partial charge in [-0.15, -0.1) is 0 Å². The van der Waals surface area contributed by atoms with Crippen LogP contribution in [0.2, 0.25) is 0 Å². The van der Waals surface area contributed by atoms with Crippen LogP contribution in [0.4, 0.5) is 0 Å². The molecule has 0 saturated heterocycles. The second-order valence-corrected chi connectivity index (χ2v) is 3.75. The third-order valence-electron chi connectivity index (χ3n) is 2.51. The van der Waals surface area contributed by atoms with Gasteiger partial charge in [-0.3, -0.25) is 4.68 Å². The van der Waals surface area contributed by atoms with Crippen LogP contribution in [-0.2, 0) is 6.54 Å². The minimum Gasteiger partial charge on any atom is -0.359 e. The minimum atomic E-state index is 0.604. The zero-order valence-corrected chi connectivity index (χ0v) is 9.15. The van der Waals surface area contributed by atoms with Crippen LogP contribution in [0.1, 0.15) is 5.76 Å². The fraction of sp³-hybridized carbons (Fsp3) is 0.0769. The predicted molar refractivity (Wildman–Crippen MR) is 63.3 cm³/mol. The number of benzene rings is 1. The summed E-state index contributed by atoms with van der Waals surface area (Å²) in [5.41, 5.74) is 1.91. The van der Waals surface area contributed by atoms with Crippen molar-refractivity contribution in [1.29, 1.82) is 0 Å². The maximum Gasteiger partial charge on any atom is 0.158 e. The Morgan fingerprint density at radius 2 is 2.00 bits per heavy atom. The fourth-order valence-electron chi connectivity index (χ4n) is 1.69. The molecule has 0 fully saturated rings. The molecule has 3 aromatic rings. The molecule has 2 aromatic heterocycles. The second-order valence-electron chi connectivity index (χ2n) is 3.75. The van der Waals surface area contributed by atoms with Crippen LogP contribution in [0, 0.1) is 0 Å². The molecule has 4 heteroatoms. The molecule has 0 radical (unpaired) electrons. The molecule has 0 aliphatic carbocycles. The highest BCUT2D eigenvalue weighted by Crippen LogP contribution is 2.18. The first kappa shape index (κ1) is 9.84. The van der Waals surface area contributed by atoms with Gasteiger partial charge in [0.05, 0.1) is 0 Å². The summed E-state index contributed by atoms with van der Waals surface area (Å²) in [4.78, 5) is 0. The number of hydrogen-bond acceptors (Lipinski definition) is 3. The van der Waals surface area contributed by atoms with E-state index in [-0.39, 0.29) is 0 Å². The lowest BCUT2D eigenvalue weighted by Crippen LogP contribution is -1.97. The third-order valence-corrected chi connectivity index (χ3v) is 2.51. The monoisotopic (exact) mass is 225 g/mol. The standard InChI is InChI=1S/C13H11N3O/c1-2-5-11(6-3-1)13-9-12(17-15-13)10-16-8-4-7-14-16/h1-9H,10H2. The highest BCUT2D eigenvalue weighted by atomic mass is 16.5. The van der Waals surface area contributed by atoms with Crippen molar-refractivity contribution in [2.24, 2.45) is 0 Å². The van der Waals surface area contributed by atoms with E-state index >= 15 is 0 Å². The highest BCUT2D eigenvalue weighted by molar-refractivity contribution is 5.58. The van der Waals surface area contributed by atoms with Gasteiger partial charge < -0.3 is 4.52 Å². The number of aromatic nitrogens is 3. The predicted octanol–water partition coefficient (Wildman–Crippen LogP) is 2.59. The van der Waals surface area contributed by atoms with Crippen LogP contribution in [0.25, 0.3) is 11.3 Å². The molecule has 0 atom stereocenters. The molecule has 84 valence electrons. The van der Waals surface area contributed by atoms with Crippen molar-refractivity contribution < 1.29 is 4.52 Å². The summed E-state index contributed by atoms with van der Waals surface area (Å²) < 4.78 is 7.08. The van der Waals surface area contributed by atoms with E-state index in [4.69, 9.17) is 4.52 Å². The van der Waals surface area contributed by atoms with Crippen molar-refractivity contribution in [3.8, 4) is 11.3 Å². The van der Waals surface area contributed by atoms with Crippen molar-refractivity contribution >= 4 is 0 Å². The van der Waals surface area contributed by atoms with Gasteiger partial charge in [0.25, 0.3) is 0 Å². The molecule has 17 heavy (non-hydrogen) atoms. The molecule has 4 nitrogen and oxygen atoms in total. The minimum absolute atomic E-state index is 0.604. The summed E-state index contributed by atoms with van der Waals surface area (Å²) in [5.74, 6) is 0.799. The van der Waals surface area contributed by atoms with Gasteiger partial charge in [0.2, 0.25) is 0 Å². The number of hydrogen-bond donors (Lipinski definition) is 0. The topological polar surface area (TPSA) is 43.9 Å². The maximum atomic E-state index is 5.28. The van der Waals surface area contributed by atoms with E-state index in [9.17, 15) is 0 Å². The number of rotatable bonds is 3. The van der Waals surface area contributed by atoms with Crippen LogP contribution in [-0.4, -0.2) is 14.9 Å². The van der Waals surface area contributed by atoms with E-state index in [1.165, 1.54) is 0 Å². The largest absolute Gasteiger partial charge is 0.359 e. The lowest BCUT2D eigenvalue weighted by atomic mass is 10.1. The lowest BCUT2D eigenvalue weighted by Gasteiger charge is -1.94. The van der Waals surface area contributed by atoms with Gasteiger partial charge in [-0.25, -0.2) is 0 Å². The first-order chi connectivity index (χ1) is 8.42. The SMILES string of the molecule is c1ccc(-c2cc(Cn3cccn3)on2)cc1. The molecular weight excluding hydrogens is 214 g/mol. The van der Waals surface area contributed by atoms with E-state index < -0.39 is 0 Å². The van der Waals surface area contributed by atoms with Crippen LogP contribution in [0.5, 0.6) is 0 Å². The summed E-state index contributed by atoms with van der Waals surface area (Å²) in [6.07, 6.45) is 3.64. The molecule has 0 aliphatic heterocycles. The Morgan fingerprint density at radius 3 is 2.76 bits per heavy atom. The molecule has 0 amide bonds. The van der Waals surface area contributed by atoms with Crippen LogP contribution < -0.4 is 0 Å². The summed E-state index contributed by atoms with van der Waals surface area (Å²) in [6, 6.07) is 13.8. The first-order valence-corrected chi connectivity index (χ1v) is 5.40. The van der Waals surface area contributed by atoms with Gasteiger partial charge >= 0.3 is 0 Å². The molecule has 3 rings (SSSR count). The Balaban J connectivity index is 1.84. The van der Waals surface area contributed by atoms with Crippen molar-refractivity contribution in [3.05, 3.63) is 60.6 Å². The molecule has 0 bridgehead atoms. The van der Waals surface area contributed by atoms with Crippen molar-refractivity contribution in [1.82, 2.24) is 14.9 Å². The molecule has 0 saturated carbocycles. The average molecular weight is 225 g/mol. The Labute approximate surface area is 98.5 Å². The van der Waals surface area contributed by atoms with Crippen LogP contribution in [0.15, 0.2) is 59.4 Å². The van der Waals surface area contributed by atoms with E-state index in [0.717, 1.165) is 17.0 Å². The van der Waals surface area contributed by atoms with Gasteiger partial charge in [0.1, 0.15) is 12.2 Å². The summed E-state index contributed by atoms with van der Waals surface area (Å²) in [5, 5.41) is 8.17. The molecule has 0 N–H and O–H groups in total. The molecular formula is C13H11N3O. The van der Waals surface area contributed by atoms with Gasteiger partial charge in [0.15, 0.2) is 5.76 Å². The molecule has 2 heterocycles. The number of nitrogens with zero attached hydrogens (tertiary/aromatic N) is 3. The molecule has 0 unspecified atom stereocenters. The fourth-order valence-corrected chi connectivity index (χ4v) is 1.69. The van der Waals surface area contributed by atoms with Gasteiger partial charge in [-0.1, -0.05) is 35.5 Å². The van der Waals surface area contributed by atoms with Crippen LogP contribution in [0.3, 0.4) is 0 Å². The van der Waals surface area contributed by atoms with Crippen LogP contribution >= 0.6 is 0 Å². The first-order valence-electron chi connectivity index (χ1n) is 5.40. The Morgan fingerprint density at radius 1 is 1.12 bits per heavy atom. The Kier molecular flexibility index (Phi) is 2.46. The summed E-state index contributed by atoms with van der Waals surface area (Å²) >= 11 is 0. The maximum absolute atomic E-state index is 5.28. The lowest BCUT2D eigenvalue weighted by molar-refractivity contribution is 0.373. The third kappa shape index (κ3) is 2.10. The highest BCUT2D eigenvalue weighted by Gasteiger charge is 2.06. The summed E-state index contributed by atoms with van der Waals surface area (Å²) in [7, 11) is 0. The average Bonchev–Trinajstić information content (AvgIpc) is 3.02. The zero-order valence-electron chi connectivity index (χ0n) is 9.15. The van der Waals surface area contributed by atoms with E-state index in [0.29, 0.717) is 6.54 Å². The molecule has 0 aliphatic rings. The normalized spacial score (nSPS) is 10.6. The van der Waals surface area contributed by atoms with E-state index in [2.05, 4.69) is 10.3 Å².